The summed E-state index contributed by atoms with van der Waals surface area (Å²) in [4.78, 5) is 28.6. The molecule has 2 atom stereocenters. The minimum absolute atomic E-state index is 0.143. The van der Waals surface area contributed by atoms with Gasteiger partial charge in [0.1, 0.15) is 13.2 Å². The van der Waals surface area contributed by atoms with E-state index in [1.807, 2.05) is 97.1 Å². The first-order chi connectivity index (χ1) is 22.4. The fourth-order valence-corrected chi connectivity index (χ4v) is 5.66. The Morgan fingerprint density at radius 1 is 0.804 bits per heavy atom. The minimum Gasteiger partial charge on any atom is -0.493 e. The normalized spacial score (nSPS) is 14.7. The van der Waals surface area contributed by atoms with Crippen LogP contribution in [0.2, 0.25) is 0 Å². The van der Waals surface area contributed by atoms with Crippen molar-refractivity contribution < 1.29 is 33.3 Å². The molecular formula is C38H39NO7. The molecule has 0 unspecified atom stereocenters. The standard InChI is InChI=1S/C38H39NO7/c1-26(30-16-18-33(42-2)36(23-30)44-4)19-31(37(40)39-32(25-46-38(39)41)21-27-11-7-5-8-12-27)20-29-15-17-34(35(22-29)43-3)45-24-28-13-9-6-10-14-28/h5-18,22-23,31-32H,1,19-21,24-25H2,2-4H3/t31-,32-/m0/s1. The molecule has 0 saturated carbocycles. The number of ether oxygens (including phenoxy) is 5. The maximum absolute atomic E-state index is 14.3. The van der Waals surface area contributed by atoms with Gasteiger partial charge in [0.15, 0.2) is 23.0 Å². The average molecular weight is 622 g/mol. The van der Waals surface area contributed by atoms with Crippen molar-refractivity contribution >= 4 is 17.6 Å². The molecule has 1 heterocycles. The fourth-order valence-electron chi connectivity index (χ4n) is 5.66. The maximum atomic E-state index is 14.3. The van der Waals surface area contributed by atoms with Crippen molar-refractivity contribution in [2.45, 2.75) is 31.9 Å². The zero-order valence-electron chi connectivity index (χ0n) is 26.4. The third kappa shape index (κ3) is 7.69. The first-order valence-corrected chi connectivity index (χ1v) is 15.2. The van der Waals surface area contributed by atoms with Gasteiger partial charge in [0, 0.05) is 5.92 Å². The predicted molar refractivity (Wildman–Crippen MR) is 176 cm³/mol. The van der Waals surface area contributed by atoms with Gasteiger partial charge in [-0.05, 0) is 71.4 Å². The molecule has 2 amide bonds. The van der Waals surface area contributed by atoms with Crippen LogP contribution >= 0.6 is 0 Å². The summed E-state index contributed by atoms with van der Waals surface area (Å²) in [6, 6.07) is 30.4. The molecule has 1 fully saturated rings. The smallest absolute Gasteiger partial charge is 0.416 e. The van der Waals surface area contributed by atoms with Crippen molar-refractivity contribution in [1.29, 1.82) is 0 Å². The SMILES string of the molecule is C=C(C[C@@H](Cc1ccc(OCc2ccccc2)c(OC)c1)C(=O)N1C(=O)OC[C@@H]1Cc1ccccc1)c1ccc(OC)c(OC)c1. The third-order valence-corrected chi connectivity index (χ3v) is 8.09. The fraction of sp³-hybridized carbons (Fsp3) is 0.263. The van der Waals surface area contributed by atoms with E-state index >= 15 is 0 Å². The monoisotopic (exact) mass is 621 g/mol. The number of carbonyl (C=O) groups excluding carboxylic acids is 2. The largest absolute Gasteiger partial charge is 0.493 e. The van der Waals surface area contributed by atoms with E-state index in [-0.39, 0.29) is 12.5 Å². The van der Waals surface area contributed by atoms with Gasteiger partial charge in [-0.3, -0.25) is 4.79 Å². The van der Waals surface area contributed by atoms with Crippen molar-refractivity contribution in [3.63, 3.8) is 0 Å². The Balaban J connectivity index is 1.41. The average Bonchev–Trinajstić information content (AvgIpc) is 3.46. The molecule has 0 aromatic heterocycles. The molecule has 1 aliphatic rings. The highest BCUT2D eigenvalue weighted by molar-refractivity contribution is 5.95. The lowest BCUT2D eigenvalue weighted by Crippen LogP contribution is -2.44. The molecule has 238 valence electrons. The Bertz CT molecular complexity index is 1650. The molecule has 0 spiro atoms. The van der Waals surface area contributed by atoms with E-state index in [0.29, 0.717) is 48.9 Å². The number of methoxy groups -OCH3 is 3. The Morgan fingerprint density at radius 2 is 1.43 bits per heavy atom. The number of imide groups is 1. The summed E-state index contributed by atoms with van der Waals surface area (Å²) in [5.74, 6) is 1.38. The molecule has 0 radical (unpaired) electrons. The van der Waals surface area contributed by atoms with Gasteiger partial charge in [-0.2, -0.15) is 0 Å². The molecule has 0 bridgehead atoms. The highest BCUT2D eigenvalue weighted by atomic mass is 16.6. The quantitative estimate of drug-likeness (QED) is 0.148. The number of rotatable bonds is 14. The molecule has 4 aromatic carbocycles. The first-order valence-electron chi connectivity index (χ1n) is 15.2. The van der Waals surface area contributed by atoms with Crippen LogP contribution in [0.15, 0.2) is 104 Å². The molecular weight excluding hydrogens is 582 g/mol. The van der Waals surface area contributed by atoms with Crippen molar-refractivity contribution in [3.05, 3.63) is 126 Å². The van der Waals surface area contributed by atoms with E-state index in [0.717, 1.165) is 27.8 Å². The van der Waals surface area contributed by atoms with E-state index in [1.54, 1.807) is 21.3 Å². The van der Waals surface area contributed by atoms with E-state index < -0.39 is 18.1 Å². The molecule has 8 heteroatoms. The lowest BCUT2D eigenvalue weighted by molar-refractivity contribution is -0.133. The third-order valence-electron chi connectivity index (χ3n) is 8.09. The number of hydrogen-bond donors (Lipinski definition) is 0. The summed E-state index contributed by atoms with van der Waals surface area (Å²) in [7, 11) is 4.74. The van der Waals surface area contributed by atoms with Crippen LogP contribution in [-0.2, 0) is 29.0 Å². The van der Waals surface area contributed by atoms with Crippen LogP contribution in [0.25, 0.3) is 5.57 Å². The molecule has 0 N–H and O–H groups in total. The van der Waals surface area contributed by atoms with Crippen LogP contribution in [0.3, 0.4) is 0 Å². The van der Waals surface area contributed by atoms with Gasteiger partial charge in [-0.25, -0.2) is 9.69 Å². The Labute approximate surface area is 270 Å². The van der Waals surface area contributed by atoms with Crippen molar-refractivity contribution in [3.8, 4) is 23.0 Å². The summed E-state index contributed by atoms with van der Waals surface area (Å²) in [5, 5.41) is 0. The Morgan fingerprint density at radius 3 is 2.11 bits per heavy atom. The molecule has 1 saturated heterocycles. The van der Waals surface area contributed by atoms with Gasteiger partial charge in [0.05, 0.1) is 27.4 Å². The van der Waals surface area contributed by atoms with Crippen molar-refractivity contribution in [2.24, 2.45) is 5.92 Å². The number of carbonyl (C=O) groups is 2. The second-order valence-corrected chi connectivity index (χ2v) is 11.2. The minimum atomic E-state index is -0.630. The molecule has 0 aliphatic carbocycles. The van der Waals surface area contributed by atoms with Crippen molar-refractivity contribution in [1.82, 2.24) is 4.90 Å². The lowest BCUT2D eigenvalue weighted by atomic mass is 9.88. The van der Waals surface area contributed by atoms with Gasteiger partial charge in [0.2, 0.25) is 5.91 Å². The predicted octanol–water partition coefficient (Wildman–Crippen LogP) is 7.14. The summed E-state index contributed by atoms with van der Waals surface area (Å²) < 4.78 is 28.0. The second kappa shape index (κ2) is 15.2. The second-order valence-electron chi connectivity index (χ2n) is 11.2. The van der Waals surface area contributed by atoms with E-state index in [9.17, 15) is 9.59 Å². The van der Waals surface area contributed by atoms with Gasteiger partial charge in [-0.1, -0.05) is 79.4 Å². The number of nitrogens with zero attached hydrogens (tertiary/aromatic N) is 1. The Hall–Kier alpha value is -5.24. The summed E-state index contributed by atoms with van der Waals surface area (Å²) >= 11 is 0. The van der Waals surface area contributed by atoms with Gasteiger partial charge in [-0.15, -0.1) is 0 Å². The molecule has 5 rings (SSSR count). The van der Waals surface area contributed by atoms with Crippen LogP contribution in [0.1, 0.15) is 28.7 Å². The van der Waals surface area contributed by atoms with Crippen LogP contribution in [0.5, 0.6) is 23.0 Å². The summed E-state index contributed by atoms with van der Waals surface area (Å²) in [6.07, 6.45) is 0.505. The number of hydrogen-bond acceptors (Lipinski definition) is 7. The summed E-state index contributed by atoms with van der Waals surface area (Å²) in [5.41, 5.74) is 4.44. The zero-order chi connectivity index (χ0) is 32.5. The number of amides is 2. The van der Waals surface area contributed by atoms with Crippen molar-refractivity contribution in [2.75, 3.05) is 27.9 Å². The Kier molecular flexibility index (Phi) is 10.6. The first kappa shape index (κ1) is 32.2. The van der Waals surface area contributed by atoms with Gasteiger partial charge >= 0.3 is 6.09 Å². The van der Waals surface area contributed by atoms with Crippen LogP contribution in [0.4, 0.5) is 4.79 Å². The number of benzene rings is 4. The number of cyclic esters (lactones) is 1. The molecule has 4 aromatic rings. The van der Waals surface area contributed by atoms with Crippen LogP contribution < -0.4 is 18.9 Å². The van der Waals surface area contributed by atoms with E-state index in [4.69, 9.17) is 23.7 Å². The highest BCUT2D eigenvalue weighted by Crippen LogP contribution is 2.35. The van der Waals surface area contributed by atoms with Crippen LogP contribution in [-0.4, -0.2) is 50.9 Å². The van der Waals surface area contributed by atoms with E-state index in [1.165, 1.54) is 4.90 Å². The topological polar surface area (TPSA) is 83.5 Å². The van der Waals surface area contributed by atoms with Gasteiger partial charge < -0.3 is 23.7 Å². The molecule has 46 heavy (non-hydrogen) atoms. The lowest BCUT2D eigenvalue weighted by Gasteiger charge is -2.26. The number of allylic oxidation sites excluding steroid dienone is 1. The van der Waals surface area contributed by atoms with Gasteiger partial charge in [0.25, 0.3) is 0 Å². The highest BCUT2D eigenvalue weighted by Gasteiger charge is 2.41. The summed E-state index contributed by atoms with van der Waals surface area (Å²) in [6.45, 7) is 4.86. The molecule has 8 nitrogen and oxygen atoms in total. The van der Waals surface area contributed by atoms with Crippen LogP contribution in [0, 0.1) is 5.92 Å². The van der Waals surface area contributed by atoms with E-state index in [2.05, 4.69) is 6.58 Å². The zero-order valence-corrected chi connectivity index (χ0v) is 26.4. The molecule has 1 aliphatic heterocycles. The maximum Gasteiger partial charge on any atom is 0.416 e.